The second-order valence-corrected chi connectivity index (χ2v) is 5.52. The normalized spacial score (nSPS) is 12.0. The van der Waals surface area contributed by atoms with Gasteiger partial charge in [0.15, 0.2) is 17.0 Å². The van der Waals surface area contributed by atoms with E-state index < -0.39 is 17.9 Å². The number of carboxylic acids is 2. The van der Waals surface area contributed by atoms with Crippen LogP contribution >= 0.6 is 0 Å². The van der Waals surface area contributed by atoms with Crippen molar-refractivity contribution in [2.24, 2.45) is 0 Å². The van der Waals surface area contributed by atoms with Crippen molar-refractivity contribution in [3.05, 3.63) is 47.3 Å². The van der Waals surface area contributed by atoms with E-state index in [1.165, 1.54) is 30.5 Å². The maximum atomic E-state index is 11.7. The number of carbonyl (C=O) groups is 2. The predicted octanol–water partition coefficient (Wildman–Crippen LogP) is 0.693. The van der Waals surface area contributed by atoms with Gasteiger partial charge in [0.2, 0.25) is 5.95 Å². The Kier molecular flexibility index (Phi) is 4.31. The minimum absolute atomic E-state index is 0.0287. The summed E-state index contributed by atoms with van der Waals surface area (Å²) in [4.78, 5) is 38.7. The average molecular weight is 354 g/mol. The summed E-state index contributed by atoms with van der Waals surface area (Å²) in [5.74, 6) is -3.06. The third-order valence-corrected chi connectivity index (χ3v) is 3.77. The number of nitrogens with two attached hydrogens (primary N) is 2. The molecule has 0 saturated carbocycles. The summed E-state index contributed by atoms with van der Waals surface area (Å²) < 4.78 is 0. The first-order chi connectivity index (χ1) is 12.3. The first-order valence-corrected chi connectivity index (χ1v) is 7.46. The summed E-state index contributed by atoms with van der Waals surface area (Å²) in [7, 11) is 0. The molecule has 2 heterocycles. The number of hydrogen-bond acceptors (Lipinski definition) is 8. The van der Waals surface area contributed by atoms with Gasteiger partial charge in [-0.05, 0) is 17.7 Å². The Bertz CT molecular complexity index is 1010. The molecule has 0 fully saturated rings. The van der Waals surface area contributed by atoms with Crippen LogP contribution in [0.25, 0.3) is 11.2 Å². The number of rotatable bonds is 5. The van der Waals surface area contributed by atoms with Gasteiger partial charge in [-0.15, -0.1) is 0 Å². The topological polar surface area (TPSA) is 178 Å². The number of aromatic nitrogens is 4. The third kappa shape index (κ3) is 3.34. The Hall–Kier alpha value is -3.82. The second-order valence-electron chi connectivity index (χ2n) is 5.52. The lowest BCUT2D eigenvalue weighted by molar-refractivity contribution is -0.138. The molecule has 10 nitrogen and oxygen atoms in total. The van der Waals surface area contributed by atoms with Gasteiger partial charge in [0.1, 0.15) is 0 Å². The minimum Gasteiger partial charge on any atom is -0.481 e. The molecule has 0 spiro atoms. The Morgan fingerprint density at radius 3 is 2.35 bits per heavy atom. The van der Waals surface area contributed by atoms with Crippen molar-refractivity contribution >= 4 is 34.9 Å². The van der Waals surface area contributed by atoms with Crippen molar-refractivity contribution in [3.8, 4) is 0 Å². The van der Waals surface area contributed by atoms with Gasteiger partial charge in [-0.25, -0.2) is 14.8 Å². The Morgan fingerprint density at radius 2 is 1.73 bits per heavy atom. The van der Waals surface area contributed by atoms with Crippen molar-refractivity contribution in [1.29, 1.82) is 0 Å². The van der Waals surface area contributed by atoms with Crippen LogP contribution in [0.2, 0.25) is 0 Å². The smallest absolute Gasteiger partial charge is 0.335 e. The van der Waals surface area contributed by atoms with Crippen molar-refractivity contribution in [1.82, 2.24) is 19.9 Å². The van der Waals surface area contributed by atoms with Crippen LogP contribution in [0.4, 0.5) is 11.8 Å². The average Bonchev–Trinajstić information content (AvgIpc) is 2.59. The van der Waals surface area contributed by atoms with E-state index in [9.17, 15) is 14.7 Å². The van der Waals surface area contributed by atoms with E-state index >= 15 is 0 Å². The number of aromatic carboxylic acids is 1. The van der Waals surface area contributed by atoms with Gasteiger partial charge < -0.3 is 21.7 Å². The molecule has 10 heteroatoms. The molecule has 3 aromatic rings. The molecule has 2 aromatic heterocycles. The van der Waals surface area contributed by atoms with Gasteiger partial charge in [-0.1, -0.05) is 12.1 Å². The highest BCUT2D eigenvalue weighted by molar-refractivity contribution is 5.88. The van der Waals surface area contributed by atoms with Crippen molar-refractivity contribution < 1.29 is 19.8 Å². The van der Waals surface area contributed by atoms with Crippen LogP contribution in [-0.2, 0) is 11.2 Å². The zero-order chi connectivity index (χ0) is 18.8. The van der Waals surface area contributed by atoms with E-state index in [4.69, 9.17) is 16.6 Å². The largest absolute Gasteiger partial charge is 0.481 e. The van der Waals surface area contributed by atoms with Crippen molar-refractivity contribution in [2.45, 2.75) is 12.3 Å². The summed E-state index contributed by atoms with van der Waals surface area (Å²) in [6.07, 6.45) is 1.43. The quantitative estimate of drug-likeness (QED) is 0.509. The van der Waals surface area contributed by atoms with E-state index in [2.05, 4.69) is 19.9 Å². The highest BCUT2D eigenvalue weighted by Crippen LogP contribution is 2.23. The summed E-state index contributed by atoms with van der Waals surface area (Å²) >= 11 is 0. The SMILES string of the molecule is Nc1nc(N)c2nc(CC(C(=O)O)c3ccc(C(=O)O)cc3)cnc2n1. The molecule has 0 aliphatic carbocycles. The van der Waals surface area contributed by atoms with Crippen LogP contribution in [0, 0.1) is 0 Å². The molecule has 3 rings (SSSR count). The van der Waals surface area contributed by atoms with Crippen LogP contribution in [0.1, 0.15) is 27.5 Å². The van der Waals surface area contributed by atoms with Gasteiger partial charge in [-0.2, -0.15) is 9.97 Å². The first kappa shape index (κ1) is 17.0. The fraction of sp³-hybridized carbons (Fsp3) is 0.125. The van der Waals surface area contributed by atoms with Gasteiger partial charge >= 0.3 is 11.9 Å². The van der Waals surface area contributed by atoms with Crippen molar-refractivity contribution in [3.63, 3.8) is 0 Å². The lowest BCUT2D eigenvalue weighted by Gasteiger charge is -2.13. The van der Waals surface area contributed by atoms with Crippen LogP contribution in [0.5, 0.6) is 0 Å². The Morgan fingerprint density at radius 1 is 1.04 bits per heavy atom. The maximum Gasteiger partial charge on any atom is 0.335 e. The number of benzene rings is 1. The molecule has 0 radical (unpaired) electrons. The molecular formula is C16H14N6O4. The fourth-order valence-corrected chi connectivity index (χ4v) is 2.50. The molecule has 1 atom stereocenters. The Balaban J connectivity index is 1.94. The van der Waals surface area contributed by atoms with Crippen LogP contribution < -0.4 is 11.5 Å². The fourth-order valence-electron chi connectivity index (χ4n) is 2.50. The van der Waals surface area contributed by atoms with Crippen LogP contribution in [0.3, 0.4) is 0 Å². The van der Waals surface area contributed by atoms with Gasteiger partial charge in [0.25, 0.3) is 0 Å². The molecule has 6 N–H and O–H groups in total. The number of nitrogen functional groups attached to an aromatic ring is 2. The number of aliphatic carboxylic acids is 1. The molecule has 0 bridgehead atoms. The number of hydrogen-bond donors (Lipinski definition) is 4. The zero-order valence-electron chi connectivity index (χ0n) is 13.3. The van der Waals surface area contributed by atoms with E-state index in [1.807, 2.05) is 0 Å². The van der Waals surface area contributed by atoms with E-state index in [0.717, 1.165) is 0 Å². The lowest BCUT2D eigenvalue weighted by Crippen LogP contribution is -2.16. The number of anilines is 2. The summed E-state index contributed by atoms with van der Waals surface area (Å²) in [6, 6.07) is 5.65. The molecule has 132 valence electrons. The number of nitrogens with zero attached hydrogens (tertiary/aromatic N) is 4. The maximum absolute atomic E-state index is 11.7. The molecule has 1 unspecified atom stereocenters. The second kappa shape index (κ2) is 6.59. The van der Waals surface area contributed by atoms with E-state index in [1.54, 1.807) is 0 Å². The minimum atomic E-state index is -1.08. The standard InChI is InChI=1S/C16H14N6O4/c17-12-11-13(22-16(18)21-12)19-6-9(20-11)5-10(15(25)26)7-1-3-8(4-2-7)14(23)24/h1-4,6,10H,5H2,(H,23,24)(H,25,26)(H4,17,18,19,21,22). The van der Waals surface area contributed by atoms with Gasteiger partial charge in [0.05, 0.1) is 23.4 Å². The van der Waals surface area contributed by atoms with Crippen LogP contribution in [-0.4, -0.2) is 42.1 Å². The molecule has 0 amide bonds. The first-order valence-electron chi connectivity index (χ1n) is 7.46. The number of fused-ring (bicyclic) bond motifs is 1. The molecule has 0 saturated heterocycles. The molecule has 1 aromatic carbocycles. The van der Waals surface area contributed by atoms with E-state index in [0.29, 0.717) is 11.3 Å². The highest BCUT2D eigenvalue weighted by Gasteiger charge is 2.22. The van der Waals surface area contributed by atoms with Gasteiger partial charge in [0, 0.05) is 6.42 Å². The summed E-state index contributed by atoms with van der Waals surface area (Å²) in [6.45, 7) is 0. The highest BCUT2D eigenvalue weighted by atomic mass is 16.4. The molecule has 0 aliphatic rings. The van der Waals surface area contributed by atoms with E-state index in [-0.39, 0.29) is 34.9 Å². The van der Waals surface area contributed by atoms with Crippen LogP contribution in [0.15, 0.2) is 30.5 Å². The summed E-state index contributed by atoms with van der Waals surface area (Å²) in [5.41, 5.74) is 12.6. The zero-order valence-corrected chi connectivity index (χ0v) is 13.3. The predicted molar refractivity (Wildman–Crippen MR) is 91.4 cm³/mol. The third-order valence-electron chi connectivity index (χ3n) is 3.77. The summed E-state index contributed by atoms with van der Waals surface area (Å²) in [5, 5.41) is 18.5. The van der Waals surface area contributed by atoms with Crippen molar-refractivity contribution in [2.75, 3.05) is 11.5 Å². The Labute approximate surface area is 146 Å². The number of carboxylic acid groups (broad SMARTS) is 2. The monoisotopic (exact) mass is 354 g/mol. The van der Waals surface area contributed by atoms with Gasteiger partial charge in [-0.3, -0.25) is 4.79 Å². The molecular weight excluding hydrogens is 340 g/mol. The lowest BCUT2D eigenvalue weighted by atomic mass is 9.93. The molecule has 0 aliphatic heterocycles. The molecule has 26 heavy (non-hydrogen) atoms.